The number of allylic oxidation sites excluding steroid dienone is 2. The number of carboxylic acid groups (broad SMARTS) is 1. The third kappa shape index (κ3) is 4.14. The summed E-state index contributed by atoms with van der Waals surface area (Å²) in [6, 6.07) is 0. The van der Waals surface area contributed by atoms with Crippen LogP contribution in [-0.2, 0) is 24.4 Å². The van der Waals surface area contributed by atoms with Crippen LogP contribution in [0.25, 0.3) is 0 Å². The fraction of sp³-hybridized carbons (Fsp3) is 0.500. The standard InChI is InChI=1S/C14H17N5O6S2/c15-27(24,25)14-19-18-13(26-14)17-8(20)3-4-16-11(21)9-6-1-2-7(5-6)10(9)12(22)23/h1-2,6-7,9-10H,3-5H2,(H,16,21)(H,22,23)(H2,15,24,25)(H,17,18,20)/t6-,7+,9-,10+/m1/s1. The molecule has 1 fully saturated rings. The monoisotopic (exact) mass is 415 g/mol. The zero-order valence-electron chi connectivity index (χ0n) is 13.9. The molecule has 4 atom stereocenters. The van der Waals surface area contributed by atoms with Crippen molar-refractivity contribution in [1.82, 2.24) is 15.5 Å². The summed E-state index contributed by atoms with van der Waals surface area (Å²) < 4.78 is 21.8. The Balaban J connectivity index is 1.49. The summed E-state index contributed by atoms with van der Waals surface area (Å²) >= 11 is 0.613. The lowest BCUT2D eigenvalue weighted by atomic mass is 9.82. The summed E-state index contributed by atoms with van der Waals surface area (Å²) in [5.74, 6) is -3.49. The van der Waals surface area contributed by atoms with Gasteiger partial charge in [-0.25, -0.2) is 13.6 Å². The summed E-state index contributed by atoms with van der Waals surface area (Å²) in [4.78, 5) is 35.7. The fourth-order valence-electron chi connectivity index (χ4n) is 3.49. The van der Waals surface area contributed by atoms with Crippen LogP contribution in [0.5, 0.6) is 0 Å². The molecule has 1 heterocycles. The molecule has 2 bridgehead atoms. The molecule has 1 saturated carbocycles. The normalized spacial score (nSPS) is 26.1. The summed E-state index contributed by atoms with van der Waals surface area (Å²) in [7, 11) is -3.99. The number of sulfonamides is 1. The van der Waals surface area contributed by atoms with Crippen LogP contribution in [-0.4, -0.2) is 48.1 Å². The van der Waals surface area contributed by atoms with E-state index in [1.54, 1.807) is 0 Å². The highest BCUT2D eigenvalue weighted by molar-refractivity contribution is 7.91. The number of aromatic nitrogens is 2. The molecule has 1 aromatic rings. The molecule has 0 aromatic carbocycles. The van der Waals surface area contributed by atoms with Gasteiger partial charge in [0.1, 0.15) is 0 Å². The highest BCUT2D eigenvalue weighted by Gasteiger charge is 2.51. The number of carbonyl (C=O) groups is 3. The fourth-order valence-corrected chi connectivity index (χ4v) is 4.84. The minimum absolute atomic E-state index is 0.00938. The second-order valence-electron chi connectivity index (χ2n) is 6.35. The van der Waals surface area contributed by atoms with Gasteiger partial charge in [-0.3, -0.25) is 14.4 Å². The van der Waals surface area contributed by atoms with Crippen LogP contribution in [0.15, 0.2) is 16.5 Å². The molecular weight excluding hydrogens is 398 g/mol. The first kappa shape index (κ1) is 19.4. The van der Waals surface area contributed by atoms with Crippen LogP contribution in [0.4, 0.5) is 5.13 Å². The average molecular weight is 415 g/mol. The molecular formula is C14H17N5O6S2. The maximum Gasteiger partial charge on any atom is 0.307 e. The lowest BCUT2D eigenvalue weighted by Crippen LogP contribution is -2.41. The number of primary sulfonamides is 1. The van der Waals surface area contributed by atoms with Crippen LogP contribution in [0.3, 0.4) is 0 Å². The number of amides is 2. The zero-order chi connectivity index (χ0) is 19.8. The number of fused-ring (bicyclic) bond motifs is 2. The van der Waals surface area contributed by atoms with Gasteiger partial charge in [-0.1, -0.05) is 23.5 Å². The van der Waals surface area contributed by atoms with Crippen LogP contribution < -0.4 is 15.8 Å². The first-order valence-corrected chi connectivity index (χ1v) is 10.4. The minimum atomic E-state index is -3.99. The number of hydrogen-bond acceptors (Lipinski definition) is 8. The Labute approximate surface area is 158 Å². The second-order valence-corrected chi connectivity index (χ2v) is 9.06. The number of aliphatic carboxylic acids is 1. The molecule has 3 rings (SSSR count). The summed E-state index contributed by atoms with van der Waals surface area (Å²) in [6.45, 7) is 0.00938. The molecule has 0 radical (unpaired) electrons. The Morgan fingerprint density at radius 3 is 2.48 bits per heavy atom. The van der Waals surface area contributed by atoms with E-state index < -0.39 is 38.1 Å². The van der Waals surface area contributed by atoms with E-state index in [0.717, 1.165) is 0 Å². The average Bonchev–Trinajstić information content (AvgIpc) is 3.28. The maximum absolute atomic E-state index is 12.4. The lowest BCUT2D eigenvalue weighted by Gasteiger charge is -2.23. The Kier molecular flexibility index (Phi) is 5.26. The Morgan fingerprint density at radius 1 is 1.22 bits per heavy atom. The molecule has 11 nitrogen and oxygen atoms in total. The molecule has 13 heteroatoms. The third-order valence-electron chi connectivity index (χ3n) is 4.59. The van der Waals surface area contributed by atoms with E-state index >= 15 is 0 Å². The largest absolute Gasteiger partial charge is 0.481 e. The number of carboxylic acids is 1. The van der Waals surface area contributed by atoms with Crippen molar-refractivity contribution in [2.75, 3.05) is 11.9 Å². The molecule has 0 saturated heterocycles. The van der Waals surface area contributed by atoms with Crippen molar-refractivity contribution in [2.45, 2.75) is 17.2 Å². The van der Waals surface area contributed by atoms with E-state index in [1.165, 1.54) is 0 Å². The van der Waals surface area contributed by atoms with E-state index in [-0.39, 0.29) is 35.8 Å². The van der Waals surface area contributed by atoms with Crippen molar-refractivity contribution in [3.63, 3.8) is 0 Å². The van der Waals surface area contributed by atoms with Gasteiger partial charge in [0, 0.05) is 13.0 Å². The Morgan fingerprint density at radius 2 is 1.89 bits per heavy atom. The van der Waals surface area contributed by atoms with E-state index in [0.29, 0.717) is 17.8 Å². The number of nitrogens with one attached hydrogen (secondary N) is 2. The van der Waals surface area contributed by atoms with Gasteiger partial charge in [-0.15, -0.1) is 10.2 Å². The molecule has 2 aliphatic carbocycles. The highest BCUT2D eigenvalue weighted by Crippen LogP contribution is 2.48. The molecule has 0 aliphatic heterocycles. The quantitative estimate of drug-likeness (QED) is 0.328. The first-order chi connectivity index (χ1) is 12.7. The van der Waals surface area contributed by atoms with Gasteiger partial charge in [0.05, 0.1) is 11.8 Å². The Bertz CT molecular complexity index is 911. The maximum atomic E-state index is 12.4. The van der Waals surface area contributed by atoms with Gasteiger partial charge in [0.2, 0.25) is 21.3 Å². The molecule has 0 unspecified atom stereocenters. The van der Waals surface area contributed by atoms with Crippen LogP contribution in [0.2, 0.25) is 0 Å². The van der Waals surface area contributed by atoms with E-state index in [9.17, 15) is 27.9 Å². The predicted molar refractivity (Wildman–Crippen MR) is 92.9 cm³/mol. The van der Waals surface area contributed by atoms with Crippen molar-refractivity contribution in [3.8, 4) is 0 Å². The molecule has 146 valence electrons. The number of nitrogens with two attached hydrogens (primary N) is 1. The third-order valence-corrected chi connectivity index (χ3v) is 6.74. The lowest BCUT2D eigenvalue weighted by molar-refractivity contribution is -0.147. The van der Waals surface area contributed by atoms with Gasteiger partial charge in [0.25, 0.3) is 10.0 Å². The second kappa shape index (κ2) is 7.32. The van der Waals surface area contributed by atoms with Crippen molar-refractivity contribution in [1.29, 1.82) is 0 Å². The molecule has 2 aliphatic rings. The molecule has 2 amide bonds. The first-order valence-electron chi connectivity index (χ1n) is 8.02. The number of nitrogens with zero attached hydrogens (tertiary/aromatic N) is 2. The number of carbonyl (C=O) groups excluding carboxylic acids is 2. The van der Waals surface area contributed by atoms with Gasteiger partial charge < -0.3 is 15.7 Å². The number of hydrogen-bond donors (Lipinski definition) is 4. The number of anilines is 1. The van der Waals surface area contributed by atoms with Gasteiger partial charge in [-0.2, -0.15) is 0 Å². The van der Waals surface area contributed by atoms with Crippen LogP contribution in [0.1, 0.15) is 12.8 Å². The molecule has 27 heavy (non-hydrogen) atoms. The zero-order valence-corrected chi connectivity index (χ0v) is 15.5. The van der Waals surface area contributed by atoms with Crippen molar-refractivity contribution < 1.29 is 27.9 Å². The SMILES string of the molecule is NS(=O)(=O)c1nnc(NC(=O)CCNC(=O)[C@H]2[C@@H](C(=O)O)[C@H]3C=C[C@@H]2C3)s1. The summed E-state index contributed by atoms with van der Waals surface area (Å²) in [5, 5.41) is 26.0. The summed E-state index contributed by atoms with van der Waals surface area (Å²) in [6.07, 6.45) is 4.28. The van der Waals surface area contributed by atoms with Crippen LogP contribution >= 0.6 is 11.3 Å². The van der Waals surface area contributed by atoms with Crippen LogP contribution in [0, 0.1) is 23.7 Å². The molecule has 5 N–H and O–H groups in total. The van der Waals surface area contributed by atoms with Crippen molar-refractivity contribution in [2.24, 2.45) is 28.8 Å². The minimum Gasteiger partial charge on any atom is -0.481 e. The van der Waals surface area contributed by atoms with Gasteiger partial charge in [0.15, 0.2) is 0 Å². The van der Waals surface area contributed by atoms with Crippen molar-refractivity contribution in [3.05, 3.63) is 12.2 Å². The molecule has 1 aromatic heterocycles. The highest BCUT2D eigenvalue weighted by atomic mass is 32.2. The Hall–Kier alpha value is -2.38. The smallest absolute Gasteiger partial charge is 0.307 e. The predicted octanol–water partition coefficient (Wildman–Crippen LogP) is -0.847. The van der Waals surface area contributed by atoms with Gasteiger partial charge in [-0.05, 0) is 18.3 Å². The van der Waals surface area contributed by atoms with E-state index in [2.05, 4.69) is 20.8 Å². The topological polar surface area (TPSA) is 181 Å². The van der Waals surface area contributed by atoms with E-state index in [1.807, 2.05) is 12.2 Å². The van der Waals surface area contributed by atoms with E-state index in [4.69, 9.17) is 5.14 Å². The summed E-state index contributed by atoms with van der Waals surface area (Å²) in [5.41, 5.74) is 0. The molecule has 0 spiro atoms. The number of rotatable bonds is 7. The van der Waals surface area contributed by atoms with Gasteiger partial charge >= 0.3 is 5.97 Å². The van der Waals surface area contributed by atoms with Crippen molar-refractivity contribution >= 4 is 44.3 Å².